The van der Waals surface area contributed by atoms with Crippen molar-refractivity contribution in [1.29, 1.82) is 0 Å². The third-order valence-electron chi connectivity index (χ3n) is 4.43. The van der Waals surface area contributed by atoms with Crippen molar-refractivity contribution < 1.29 is 13.2 Å². The molecule has 0 aliphatic heterocycles. The fraction of sp³-hybridized carbons (Fsp3) is 0.389. The third-order valence-corrected chi connectivity index (χ3v) is 6.32. The number of nitrogens with zero attached hydrogens (tertiary/aromatic N) is 6. The molecule has 0 aliphatic rings. The van der Waals surface area contributed by atoms with Crippen LogP contribution < -0.4 is 4.72 Å². The lowest BCUT2D eigenvalue weighted by Crippen LogP contribution is -2.33. The minimum absolute atomic E-state index is 0.127. The molecule has 12 heteroatoms. The van der Waals surface area contributed by atoms with E-state index in [9.17, 15) is 8.42 Å². The maximum Gasteiger partial charge on any atom is 0.240 e. The highest BCUT2D eigenvalue weighted by Crippen LogP contribution is 2.26. The van der Waals surface area contributed by atoms with Gasteiger partial charge in [0.1, 0.15) is 11.4 Å². The molecule has 2 atom stereocenters. The molecule has 3 aromatic rings. The number of pyridine rings is 1. The fourth-order valence-electron chi connectivity index (χ4n) is 2.89. The highest BCUT2D eigenvalue weighted by atomic mass is 35.5. The standard InChI is InChI=1S/C18H22ClN7O3S/c1-4-9-26-17(13-5-7-20-8-6-13)23-24-18(26)25-30(27,28)12(2)15(29-3)16-21-10-14(19)11-22-16/h5-8,10-12,15H,4,9H2,1-3H3,(H,24,25)/t12-,15-/m0/s1. The Kier molecular flexibility index (Phi) is 6.95. The van der Waals surface area contributed by atoms with E-state index < -0.39 is 21.4 Å². The number of anilines is 1. The van der Waals surface area contributed by atoms with E-state index in [2.05, 4.69) is 29.9 Å². The number of ether oxygens (including phenoxy) is 1. The minimum Gasteiger partial charge on any atom is -0.372 e. The van der Waals surface area contributed by atoms with Gasteiger partial charge in [-0.15, -0.1) is 10.2 Å². The zero-order chi connectivity index (χ0) is 21.7. The van der Waals surface area contributed by atoms with Gasteiger partial charge in [-0.25, -0.2) is 18.4 Å². The van der Waals surface area contributed by atoms with Gasteiger partial charge < -0.3 is 4.74 Å². The van der Waals surface area contributed by atoms with Crippen molar-refractivity contribution in [2.75, 3.05) is 11.8 Å². The van der Waals surface area contributed by atoms with Crippen LogP contribution in [0.1, 0.15) is 32.2 Å². The minimum atomic E-state index is -3.92. The second-order valence-corrected chi connectivity index (χ2v) is 8.98. The van der Waals surface area contributed by atoms with Gasteiger partial charge in [0.2, 0.25) is 16.0 Å². The number of rotatable bonds is 9. The largest absolute Gasteiger partial charge is 0.372 e. The summed E-state index contributed by atoms with van der Waals surface area (Å²) in [4.78, 5) is 12.2. The first kappa shape index (κ1) is 22.1. The van der Waals surface area contributed by atoms with Gasteiger partial charge in [0, 0.05) is 44.0 Å². The van der Waals surface area contributed by atoms with Gasteiger partial charge in [-0.1, -0.05) is 18.5 Å². The van der Waals surface area contributed by atoms with E-state index >= 15 is 0 Å². The molecule has 3 heterocycles. The van der Waals surface area contributed by atoms with Gasteiger partial charge in [0.25, 0.3) is 0 Å². The van der Waals surface area contributed by atoms with E-state index in [1.54, 1.807) is 29.1 Å². The van der Waals surface area contributed by atoms with E-state index in [-0.39, 0.29) is 11.8 Å². The van der Waals surface area contributed by atoms with Crippen LogP contribution in [0.15, 0.2) is 36.9 Å². The van der Waals surface area contributed by atoms with Crippen molar-refractivity contribution in [3.8, 4) is 11.4 Å². The van der Waals surface area contributed by atoms with Crippen LogP contribution in [0, 0.1) is 0 Å². The number of nitrogens with one attached hydrogen (secondary N) is 1. The lowest BCUT2D eigenvalue weighted by atomic mass is 10.2. The predicted molar refractivity (Wildman–Crippen MR) is 112 cm³/mol. The van der Waals surface area contributed by atoms with E-state index in [0.717, 1.165) is 12.0 Å². The molecule has 10 nitrogen and oxygen atoms in total. The van der Waals surface area contributed by atoms with Crippen molar-refractivity contribution in [2.45, 2.75) is 38.2 Å². The Bertz CT molecular complexity index is 1070. The van der Waals surface area contributed by atoms with Crippen molar-refractivity contribution >= 4 is 27.6 Å². The topological polar surface area (TPSA) is 125 Å². The van der Waals surface area contributed by atoms with Crippen molar-refractivity contribution in [3.05, 3.63) is 47.8 Å². The van der Waals surface area contributed by atoms with Crippen molar-refractivity contribution in [3.63, 3.8) is 0 Å². The highest BCUT2D eigenvalue weighted by molar-refractivity contribution is 7.93. The summed E-state index contributed by atoms with van der Waals surface area (Å²) in [5, 5.41) is 7.56. The lowest BCUT2D eigenvalue weighted by Gasteiger charge is -2.22. The molecule has 160 valence electrons. The molecule has 3 aromatic heterocycles. The number of hydrogen-bond donors (Lipinski definition) is 1. The lowest BCUT2D eigenvalue weighted by molar-refractivity contribution is 0.0950. The van der Waals surface area contributed by atoms with Crippen LogP contribution in [0.4, 0.5) is 5.95 Å². The molecule has 0 fully saturated rings. The molecule has 0 unspecified atom stereocenters. The molecule has 0 bridgehead atoms. The first-order valence-corrected chi connectivity index (χ1v) is 11.1. The molecule has 0 amide bonds. The number of halogens is 1. The Morgan fingerprint density at radius 2 is 1.87 bits per heavy atom. The number of methoxy groups -OCH3 is 1. The summed E-state index contributed by atoms with van der Waals surface area (Å²) in [6, 6.07) is 3.58. The molecule has 30 heavy (non-hydrogen) atoms. The van der Waals surface area contributed by atoms with Gasteiger partial charge in [0.05, 0.1) is 5.02 Å². The summed E-state index contributed by atoms with van der Waals surface area (Å²) in [5.41, 5.74) is 0.786. The summed E-state index contributed by atoms with van der Waals surface area (Å²) in [6.45, 7) is 4.03. The molecule has 0 radical (unpaired) electrons. The first-order valence-electron chi connectivity index (χ1n) is 9.22. The Morgan fingerprint density at radius 1 is 1.20 bits per heavy atom. The Labute approximate surface area is 179 Å². The van der Waals surface area contributed by atoms with Crippen LogP contribution >= 0.6 is 11.6 Å². The van der Waals surface area contributed by atoms with Crippen LogP contribution in [-0.4, -0.2) is 50.5 Å². The van der Waals surface area contributed by atoms with Crippen molar-refractivity contribution in [2.24, 2.45) is 0 Å². The first-order chi connectivity index (χ1) is 14.4. The van der Waals surface area contributed by atoms with Crippen LogP contribution in [0.25, 0.3) is 11.4 Å². The van der Waals surface area contributed by atoms with Crippen molar-refractivity contribution in [1.82, 2.24) is 29.7 Å². The molecule has 0 aromatic carbocycles. The SMILES string of the molecule is CCCn1c(NS(=O)(=O)[C@@H](C)[C@H](OC)c2ncc(Cl)cn2)nnc1-c1ccncc1. The summed E-state index contributed by atoms with van der Waals surface area (Å²) in [5.74, 6) is 0.892. The molecular weight excluding hydrogens is 430 g/mol. The molecule has 0 aliphatic carbocycles. The number of aromatic nitrogens is 6. The average Bonchev–Trinajstić information content (AvgIpc) is 3.12. The van der Waals surface area contributed by atoms with Crippen LogP contribution in [0.3, 0.4) is 0 Å². The zero-order valence-corrected chi connectivity index (χ0v) is 18.3. The Morgan fingerprint density at radius 3 is 2.47 bits per heavy atom. The summed E-state index contributed by atoms with van der Waals surface area (Å²) in [6.07, 6.45) is 5.92. The second-order valence-electron chi connectivity index (χ2n) is 6.50. The van der Waals surface area contributed by atoms with Gasteiger partial charge in [0.15, 0.2) is 11.6 Å². The molecule has 0 spiro atoms. The summed E-state index contributed by atoms with van der Waals surface area (Å²) < 4.78 is 35.8. The Balaban J connectivity index is 1.90. The second kappa shape index (κ2) is 9.45. The maximum atomic E-state index is 13.1. The number of sulfonamides is 1. The third kappa shape index (κ3) is 4.74. The smallest absolute Gasteiger partial charge is 0.240 e. The fourth-order valence-corrected chi connectivity index (χ4v) is 4.13. The van der Waals surface area contributed by atoms with Gasteiger partial charge in [-0.05, 0) is 25.5 Å². The van der Waals surface area contributed by atoms with Gasteiger partial charge in [-0.2, -0.15) is 0 Å². The monoisotopic (exact) mass is 451 g/mol. The Hall–Kier alpha value is -2.63. The van der Waals surface area contributed by atoms with E-state index in [1.165, 1.54) is 26.4 Å². The zero-order valence-electron chi connectivity index (χ0n) is 16.7. The summed E-state index contributed by atoms with van der Waals surface area (Å²) >= 11 is 5.82. The predicted octanol–water partition coefficient (Wildman–Crippen LogP) is 2.71. The van der Waals surface area contributed by atoms with Crippen LogP contribution in [0.5, 0.6) is 0 Å². The van der Waals surface area contributed by atoms with Gasteiger partial charge >= 0.3 is 0 Å². The van der Waals surface area contributed by atoms with E-state index in [1.807, 2.05) is 6.92 Å². The molecule has 1 N–H and O–H groups in total. The molecule has 0 saturated carbocycles. The molecule has 3 rings (SSSR count). The normalized spacial score (nSPS) is 13.7. The molecular formula is C18H22ClN7O3S. The van der Waals surface area contributed by atoms with E-state index in [4.69, 9.17) is 16.3 Å². The number of hydrogen-bond acceptors (Lipinski definition) is 8. The average molecular weight is 452 g/mol. The van der Waals surface area contributed by atoms with Gasteiger partial charge in [-0.3, -0.25) is 14.3 Å². The van der Waals surface area contributed by atoms with Crippen LogP contribution in [-0.2, 0) is 21.3 Å². The van der Waals surface area contributed by atoms with Crippen LogP contribution in [0.2, 0.25) is 5.02 Å². The maximum absolute atomic E-state index is 13.1. The van der Waals surface area contributed by atoms with E-state index in [0.29, 0.717) is 17.4 Å². The quantitative estimate of drug-likeness (QED) is 0.526. The highest BCUT2D eigenvalue weighted by Gasteiger charge is 2.34. The molecule has 0 saturated heterocycles. The summed E-state index contributed by atoms with van der Waals surface area (Å²) in [7, 11) is -2.52.